The fraction of sp³-hybridized carbons (Fsp3) is 1.00. The topological polar surface area (TPSA) is 12.0 Å². The second kappa shape index (κ2) is 5.16. The highest BCUT2D eigenvalue weighted by molar-refractivity contribution is 4.77. The summed E-state index contributed by atoms with van der Waals surface area (Å²) >= 11 is 0. The first-order chi connectivity index (χ1) is 6.49. The number of hydrogen-bond acceptors (Lipinski definition) is 1. The van der Waals surface area contributed by atoms with Crippen LogP contribution >= 0.6 is 0 Å². The maximum atomic E-state index is 3.69. The van der Waals surface area contributed by atoms with Crippen LogP contribution in [-0.2, 0) is 0 Å². The highest BCUT2D eigenvalue weighted by atomic mass is 14.9. The molecule has 1 aliphatic carbocycles. The fourth-order valence-corrected chi connectivity index (χ4v) is 2.27. The highest BCUT2D eigenvalue weighted by Crippen LogP contribution is 2.26. The third-order valence-electron chi connectivity index (χ3n) is 3.31. The van der Waals surface area contributed by atoms with E-state index in [-0.39, 0.29) is 0 Å². The summed E-state index contributed by atoms with van der Waals surface area (Å²) in [5, 5.41) is 3.69. The lowest BCUT2D eigenvalue weighted by Gasteiger charge is -2.31. The van der Waals surface area contributed by atoms with Gasteiger partial charge in [0, 0.05) is 12.6 Å². The van der Waals surface area contributed by atoms with Gasteiger partial charge in [-0.05, 0) is 31.1 Å². The van der Waals surface area contributed by atoms with Gasteiger partial charge in [0.25, 0.3) is 0 Å². The first-order valence-corrected chi connectivity index (χ1v) is 6.22. The third-order valence-corrected chi connectivity index (χ3v) is 3.31. The Balaban J connectivity index is 2.23. The minimum absolute atomic E-state index is 0.420. The van der Waals surface area contributed by atoms with Gasteiger partial charge in [0.15, 0.2) is 0 Å². The van der Waals surface area contributed by atoms with Crippen LogP contribution in [0.5, 0.6) is 0 Å². The Kier molecular flexibility index (Phi) is 4.43. The predicted octanol–water partition coefficient (Wildman–Crippen LogP) is 3.59. The molecule has 1 N–H and O–H groups in total. The van der Waals surface area contributed by atoms with Gasteiger partial charge in [0.1, 0.15) is 0 Å². The largest absolute Gasteiger partial charge is 0.313 e. The second-order valence-corrected chi connectivity index (χ2v) is 6.13. The summed E-state index contributed by atoms with van der Waals surface area (Å²) in [7, 11) is 0. The first-order valence-electron chi connectivity index (χ1n) is 6.22. The van der Waals surface area contributed by atoms with Crippen molar-refractivity contribution in [2.24, 2.45) is 11.3 Å². The van der Waals surface area contributed by atoms with Gasteiger partial charge in [-0.25, -0.2) is 0 Å². The SMILES string of the molecule is C[C@@H](NCC(C)(C)C)C1CCCCC1. The van der Waals surface area contributed by atoms with Gasteiger partial charge in [-0.1, -0.05) is 40.0 Å². The minimum Gasteiger partial charge on any atom is -0.313 e. The molecule has 1 atom stereocenters. The Morgan fingerprint density at radius 2 is 1.71 bits per heavy atom. The standard InChI is InChI=1S/C13H27N/c1-11(14-10-13(2,3)4)12-8-6-5-7-9-12/h11-12,14H,5-10H2,1-4H3/t11-/m1/s1. The summed E-state index contributed by atoms with van der Waals surface area (Å²) in [6.07, 6.45) is 7.25. The predicted molar refractivity (Wildman–Crippen MR) is 63.5 cm³/mol. The molecule has 0 saturated heterocycles. The number of nitrogens with one attached hydrogen (secondary N) is 1. The maximum absolute atomic E-state index is 3.69. The van der Waals surface area contributed by atoms with Crippen molar-refractivity contribution >= 4 is 0 Å². The second-order valence-electron chi connectivity index (χ2n) is 6.13. The lowest BCUT2D eigenvalue weighted by Crippen LogP contribution is -2.39. The van der Waals surface area contributed by atoms with E-state index in [0.29, 0.717) is 5.41 Å². The molecule has 1 fully saturated rings. The molecule has 0 bridgehead atoms. The van der Waals surface area contributed by atoms with Gasteiger partial charge < -0.3 is 5.32 Å². The van der Waals surface area contributed by atoms with Crippen LogP contribution in [0.3, 0.4) is 0 Å². The molecule has 0 unspecified atom stereocenters. The molecule has 0 aromatic rings. The van der Waals surface area contributed by atoms with Crippen molar-refractivity contribution in [1.29, 1.82) is 0 Å². The number of hydrogen-bond donors (Lipinski definition) is 1. The molecule has 0 aromatic heterocycles. The van der Waals surface area contributed by atoms with Crippen LogP contribution in [0.2, 0.25) is 0 Å². The molecule has 1 rings (SSSR count). The molecule has 0 radical (unpaired) electrons. The van der Waals surface area contributed by atoms with Crippen molar-refractivity contribution in [3.8, 4) is 0 Å². The highest BCUT2D eigenvalue weighted by Gasteiger charge is 2.21. The van der Waals surface area contributed by atoms with E-state index < -0.39 is 0 Å². The molecule has 0 amide bonds. The molecule has 0 heterocycles. The molecule has 1 nitrogen and oxygen atoms in total. The zero-order chi connectivity index (χ0) is 10.6. The first kappa shape index (κ1) is 12.0. The Morgan fingerprint density at radius 3 is 2.21 bits per heavy atom. The third kappa shape index (κ3) is 4.45. The summed E-state index contributed by atoms with van der Waals surface area (Å²) in [5.74, 6) is 0.936. The molecule has 14 heavy (non-hydrogen) atoms. The van der Waals surface area contributed by atoms with E-state index in [9.17, 15) is 0 Å². The lowest BCUT2D eigenvalue weighted by atomic mass is 9.84. The monoisotopic (exact) mass is 197 g/mol. The molecule has 0 spiro atoms. The number of rotatable bonds is 3. The summed E-state index contributed by atoms with van der Waals surface area (Å²) in [5.41, 5.74) is 0.420. The van der Waals surface area contributed by atoms with Crippen LogP contribution in [0, 0.1) is 11.3 Å². The average molecular weight is 197 g/mol. The molecule has 1 heteroatoms. The van der Waals surface area contributed by atoms with E-state index in [4.69, 9.17) is 0 Å². The molecular weight excluding hydrogens is 170 g/mol. The Bertz CT molecular complexity index is 151. The van der Waals surface area contributed by atoms with E-state index in [1.807, 2.05) is 0 Å². The van der Waals surface area contributed by atoms with Gasteiger partial charge in [0.05, 0.1) is 0 Å². The zero-order valence-corrected chi connectivity index (χ0v) is 10.4. The molecule has 0 aliphatic heterocycles. The van der Waals surface area contributed by atoms with Crippen molar-refractivity contribution in [1.82, 2.24) is 5.32 Å². The molecule has 1 saturated carbocycles. The van der Waals surface area contributed by atoms with Crippen LogP contribution in [0.4, 0.5) is 0 Å². The quantitative estimate of drug-likeness (QED) is 0.729. The average Bonchev–Trinajstić information content (AvgIpc) is 2.14. The summed E-state index contributed by atoms with van der Waals surface area (Å²) < 4.78 is 0. The van der Waals surface area contributed by atoms with Gasteiger partial charge in [0.2, 0.25) is 0 Å². The lowest BCUT2D eigenvalue weighted by molar-refractivity contribution is 0.256. The van der Waals surface area contributed by atoms with Gasteiger partial charge in [-0.3, -0.25) is 0 Å². The van der Waals surface area contributed by atoms with Crippen LogP contribution in [0.25, 0.3) is 0 Å². The molecular formula is C13H27N. The maximum Gasteiger partial charge on any atom is 0.00672 e. The van der Waals surface area contributed by atoms with Crippen molar-refractivity contribution in [2.75, 3.05) is 6.54 Å². The Hall–Kier alpha value is -0.0400. The van der Waals surface area contributed by atoms with Gasteiger partial charge >= 0.3 is 0 Å². The van der Waals surface area contributed by atoms with Gasteiger partial charge in [-0.2, -0.15) is 0 Å². The van der Waals surface area contributed by atoms with E-state index in [2.05, 4.69) is 33.0 Å². The van der Waals surface area contributed by atoms with E-state index in [0.717, 1.165) is 18.5 Å². The normalized spacial score (nSPS) is 22.3. The van der Waals surface area contributed by atoms with Crippen LogP contribution in [-0.4, -0.2) is 12.6 Å². The van der Waals surface area contributed by atoms with Crippen LogP contribution in [0.15, 0.2) is 0 Å². The Morgan fingerprint density at radius 1 is 1.14 bits per heavy atom. The van der Waals surface area contributed by atoms with Gasteiger partial charge in [-0.15, -0.1) is 0 Å². The van der Waals surface area contributed by atoms with Crippen molar-refractivity contribution in [2.45, 2.75) is 65.8 Å². The van der Waals surface area contributed by atoms with E-state index in [1.54, 1.807) is 0 Å². The molecule has 84 valence electrons. The fourth-order valence-electron chi connectivity index (χ4n) is 2.27. The van der Waals surface area contributed by atoms with E-state index in [1.165, 1.54) is 32.1 Å². The van der Waals surface area contributed by atoms with Crippen molar-refractivity contribution in [3.05, 3.63) is 0 Å². The van der Waals surface area contributed by atoms with Crippen molar-refractivity contribution in [3.63, 3.8) is 0 Å². The summed E-state index contributed by atoms with van der Waals surface area (Å²) in [4.78, 5) is 0. The molecule has 1 aliphatic rings. The minimum atomic E-state index is 0.420. The smallest absolute Gasteiger partial charge is 0.00672 e. The van der Waals surface area contributed by atoms with Crippen LogP contribution < -0.4 is 5.32 Å². The van der Waals surface area contributed by atoms with Crippen LogP contribution in [0.1, 0.15) is 59.8 Å². The van der Waals surface area contributed by atoms with E-state index >= 15 is 0 Å². The zero-order valence-electron chi connectivity index (χ0n) is 10.4. The summed E-state index contributed by atoms with van der Waals surface area (Å²) in [6, 6.07) is 0.717. The molecule has 0 aromatic carbocycles. The summed E-state index contributed by atoms with van der Waals surface area (Å²) in [6.45, 7) is 10.4. The Labute approximate surface area is 89.7 Å². The van der Waals surface area contributed by atoms with Crippen molar-refractivity contribution < 1.29 is 0 Å².